The summed E-state index contributed by atoms with van der Waals surface area (Å²) in [5, 5.41) is 0. The van der Waals surface area contributed by atoms with Gasteiger partial charge in [-0.2, -0.15) is 0 Å². The van der Waals surface area contributed by atoms with Crippen LogP contribution in [0.3, 0.4) is 0 Å². The first-order chi connectivity index (χ1) is 7.59. The van der Waals surface area contributed by atoms with E-state index in [1.165, 1.54) is 0 Å². The van der Waals surface area contributed by atoms with E-state index in [2.05, 4.69) is 4.84 Å². The van der Waals surface area contributed by atoms with Gasteiger partial charge in [0.05, 0.1) is 6.20 Å². The second kappa shape index (κ2) is 7.72. The van der Waals surface area contributed by atoms with E-state index in [0.717, 1.165) is 19.2 Å². The van der Waals surface area contributed by atoms with Gasteiger partial charge in [-0.1, -0.05) is 0 Å². The molecular formula is C6H6BCuF4N2O4. The Morgan fingerprint density at radius 3 is 2.11 bits per heavy atom. The van der Waals surface area contributed by atoms with Crippen molar-refractivity contribution in [1.82, 2.24) is 9.71 Å². The number of hydrogen-bond donors (Lipinski definition) is 1. The molecule has 0 amide bonds. The van der Waals surface area contributed by atoms with Crippen molar-refractivity contribution < 1.29 is 44.0 Å². The van der Waals surface area contributed by atoms with E-state index in [0.29, 0.717) is 4.73 Å². The number of carbonyl (C=O) groups excluding carboxylic acids is 1. The van der Waals surface area contributed by atoms with Gasteiger partial charge >= 0.3 is 36.0 Å². The predicted molar refractivity (Wildman–Crippen MR) is 48.8 cm³/mol. The maximum absolute atomic E-state index is 10.8. The molecule has 1 N–H and O–H groups in total. The molecule has 0 spiro atoms. The number of nitrogens with zero attached hydrogens (tertiary/aromatic N) is 1. The SMILES string of the molecule is CC(=O)On1ccc(=O)[nH]c1=O.F[B-](F)(F)F.[Cu+]. The molecule has 0 fully saturated rings. The van der Waals surface area contributed by atoms with Gasteiger partial charge in [-0.25, -0.2) is 9.59 Å². The number of hydrogen-bond acceptors (Lipinski definition) is 4. The van der Waals surface area contributed by atoms with E-state index in [4.69, 9.17) is 0 Å². The zero-order chi connectivity index (χ0) is 13.6. The summed E-state index contributed by atoms with van der Waals surface area (Å²) in [4.78, 5) is 38.0. The fraction of sp³-hybridized carbons (Fsp3) is 0.167. The molecule has 12 heteroatoms. The summed E-state index contributed by atoms with van der Waals surface area (Å²) in [6.07, 6.45) is 1.07. The van der Waals surface area contributed by atoms with E-state index in [1.807, 2.05) is 4.98 Å². The Morgan fingerprint density at radius 1 is 1.33 bits per heavy atom. The number of carbonyl (C=O) groups is 1. The third-order valence-electron chi connectivity index (χ3n) is 1.02. The molecule has 18 heavy (non-hydrogen) atoms. The van der Waals surface area contributed by atoms with Crippen LogP contribution < -0.4 is 16.1 Å². The fourth-order valence-corrected chi connectivity index (χ4v) is 0.616. The van der Waals surface area contributed by atoms with Crippen LogP contribution in [0.15, 0.2) is 21.9 Å². The molecule has 0 saturated heterocycles. The standard InChI is InChI=1S/C6H6N2O4.BF4.Cu/c1-4(9)12-8-3-2-5(10)7-6(8)11;2-1(3,4)5;/h2-3H,1H3,(H,7,10,11);;/q;-1;+1. The topological polar surface area (TPSA) is 81.2 Å². The van der Waals surface area contributed by atoms with Crippen LogP contribution in [0, 0.1) is 0 Å². The number of H-pyrrole nitrogens is 1. The Morgan fingerprint density at radius 2 is 1.78 bits per heavy atom. The van der Waals surface area contributed by atoms with Crippen LogP contribution in [0.5, 0.6) is 0 Å². The minimum atomic E-state index is -6.00. The van der Waals surface area contributed by atoms with Crippen LogP contribution in [0.1, 0.15) is 6.92 Å². The van der Waals surface area contributed by atoms with E-state index in [1.54, 1.807) is 0 Å². The Labute approximate surface area is 107 Å². The molecular weight excluding hydrogens is 314 g/mol. The number of halogens is 4. The van der Waals surface area contributed by atoms with Crippen LogP contribution in [0.2, 0.25) is 0 Å². The van der Waals surface area contributed by atoms with Crippen LogP contribution in [0.25, 0.3) is 0 Å². The van der Waals surface area contributed by atoms with Crippen molar-refractivity contribution in [3.8, 4) is 0 Å². The summed E-state index contributed by atoms with van der Waals surface area (Å²) in [6.45, 7) is 1.15. The number of nitrogens with one attached hydrogen (secondary N) is 1. The van der Waals surface area contributed by atoms with Gasteiger partial charge in [0.15, 0.2) is 0 Å². The summed E-state index contributed by atoms with van der Waals surface area (Å²) in [6, 6.07) is 1.07. The largest absolute Gasteiger partial charge is 1.00 e. The Balaban J connectivity index is 0. The summed E-state index contributed by atoms with van der Waals surface area (Å²) in [5.41, 5.74) is -1.32. The molecule has 106 valence electrons. The normalized spacial score (nSPS) is 9.61. The molecule has 1 heterocycles. The van der Waals surface area contributed by atoms with Crippen LogP contribution in [-0.4, -0.2) is 22.9 Å². The molecule has 0 radical (unpaired) electrons. The number of rotatable bonds is 1. The third kappa shape index (κ3) is 11.0. The van der Waals surface area contributed by atoms with Gasteiger partial charge in [0, 0.05) is 13.0 Å². The van der Waals surface area contributed by atoms with Crippen molar-refractivity contribution in [2.24, 2.45) is 0 Å². The second-order valence-corrected chi connectivity index (χ2v) is 2.51. The average Bonchev–Trinajstić information content (AvgIpc) is 2.06. The second-order valence-electron chi connectivity index (χ2n) is 2.51. The van der Waals surface area contributed by atoms with Gasteiger partial charge in [0.2, 0.25) is 0 Å². The third-order valence-corrected chi connectivity index (χ3v) is 1.02. The molecule has 6 nitrogen and oxygen atoms in total. The molecule has 1 aromatic heterocycles. The quantitative estimate of drug-likeness (QED) is 0.574. The molecule has 0 saturated carbocycles. The van der Waals surface area contributed by atoms with E-state index in [-0.39, 0.29) is 17.1 Å². The maximum Gasteiger partial charge on any atom is 1.00 e. The summed E-state index contributed by atoms with van der Waals surface area (Å²) >= 11 is 0. The van der Waals surface area contributed by atoms with Crippen molar-refractivity contribution >= 4 is 13.2 Å². The molecule has 1 rings (SSSR count). The first kappa shape index (κ1) is 18.8. The van der Waals surface area contributed by atoms with E-state index in [9.17, 15) is 31.6 Å². The van der Waals surface area contributed by atoms with Crippen LogP contribution in [-0.2, 0) is 21.9 Å². The summed E-state index contributed by atoms with van der Waals surface area (Å²) in [5.74, 6) is -0.635. The van der Waals surface area contributed by atoms with E-state index >= 15 is 0 Å². The Bertz CT molecular complexity index is 493. The van der Waals surface area contributed by atoms with Gasteiger partial charge < -0.3 is 22.1 Å². The number of aromatic amines is 1. The van der Waals surface area contributed by atoms with Crippen molar-refractivity contribution in [3.05, 3.63) is 33.1 Å². The summed E-state index contributed by atoms with van der Waals surface area (Å²) < 4.78 is 39.6. The fourth-order valence-electron chi connectivity index (χ4n) is 0.616. The van der Waals surface area contributed by atoms with Crippen molar-refractivity contribution in [2.45, 2.75) is 6.92 Å². The molecule has 0 bridgehead atoms. The average molecular weight is 320 g/mol. The monoisotopic (exact) mass is 320 g/mol. The maximum atomic E-state index is 10.8. The predicted octanol–water partition coefficient (Wildman–Crippen LogP) is -0.191. The first-order valence-corrected chi connectivity index (χ1v) is 3.98. The van der Waals surface area contributed by atoms with Crippen molar-refractivity contribution in [1.29, 1.82) is 0 Å². The molecule has 1 aromatic rings. The van der Waals surface area contributed by atoms with Crippen LogP contribution in [0.4, 0.5) is 17.3 Å². The smallest absolute Gasteiger partial charge is 0.418 e. The minimum Gasteiger partial charge on any atom is -0.418 e. The van der Waals surface area contributed by atoms with Gasteiger partial charge in [0.25, 0.3) is 5.56 Å². The van der Waals surface area contributed by atoms with Crippen LogP contribution >= 0.6 is 0 Å². The summed E-state index contributed by atoms with van der Waals surface area (Å²) in [7, 11) is -6.00. The van der Waals surface area contributed by atoms with Gasteiger partial charge in [-0.15, -0.1) is 4.73 Å². The molecule has 0 atom stereocenters. The molecule has 0 unspecified atom stereocenters. The van der Waals surface area contributed by atoms with Crippen molar-refractivity contribution in [2.75, 3.05) is 0 Å². The Hall–Kier alpha value is -1.55. The Kier molecular flexibility index (Phi) is 8.06. The van der Waals surface area contributed by atoms with Gasteiger partial charge in [-0.3, -0.25) is 9.78 Å². The van der Waals surface area contributed by atoms with Crippen molar-refractivity contribution in [3.63, 3.8) is 0 Å². The molecule has 0 aliphatic rings. The van der Waals surface area contributed by atoms with Gasteiger partial charge in [-0.05, 0) is 0 Å². The molecule has 0 aromatic carbocycles. The minimum absolute atomic E-state index is 0. The zero-order valence-electron chi connectivity index (χ0n) is 8.63. The molecule has 0 aliphatic heterocycles. The van der Waals surface area contributed by atoms with E-state index < -0.39 is 24.5 Å². The first-order valence-electron chi connectivity index (χ1n) is 3.98. The number of aromatic nitrogens is 2. The molecule has 0 aliphatic carbocycles. The zero-order valence-corrected chi connectivity index (χ0v) is 9.57. The van der Waals surface area contributed by atoms with Gasteiger partial charge in [0.1, 0.15) is 0 Å².